The van der Waals surface area contributed by atoms with Crippen LogP contribution in [0.5, 0.6) is 0 Å². The molecule has 0 unspecified atom stereocenters. The molecule has 15 heavy (non-hydrogen) atoms. The van der Waals surface area contributed by atoms with Crippen LogP contribution in [0.1, 0.15) is 15.9 Å². The largest absolute Gasteiger partial charge is 0.478 e. The summed E-state index contributed by atoms with van der Waals surface area (Å²) in [6.45, 7) is 0. The molecule has 5 nitrogen and oxygen atoms in total. The number of pyridine rings is 1. The standard InChI is InChI=1S/C10H7NO4/c1-15-9(12)3-2-7-4-8(10(13)14)6-11-5-7/h4-6H,1H3,(H,13,14). The van der Waals surface area contributed by atoms with Crippen LogP contribution >= 0.6 is 0 Å². The predicted molar refractivity (Wildman–Crippen MR) is 50.1 cm³/mol. The van der Waals surface area contributed by atoms with Crippen molar-refractivity contribution in [2.24, 2.45) is 0 Å². The Morgan fingerprint density at radius 3 is 2.80 bits per heavy atom. The van der Waals surface area contributed by atoms with Gasteiger partial charge in [-0.05, 0) is 6.07 Å². The van der Waals surface area contributed by atoms with E-state index in [1.54, 1.807) is 0 Å². The van der Waals surface area contributed by atoms with Crippen molar-refractivity contribution in [1.82, 2.24) is 4.98 Å². The van der Waals surface area contributed by atoms with E-state index in [9.17, 15) is 9.59 Å². The lowest BCUT2D eigenvalue weighted by Crippen LogP contribution is -1.98. The van der Waals surface area contributed by atoms with E-state index in [4.69, 9.17) is 5.11 Å². The first kappa shape index (κ1) is 10.7. The van der Waals surface area contributed by atoms with Crippen molar-refractivity contribution in [3.8, 4) is 11.8 Å². The Bertz CT molecular complexity index is 456. The van der Waals surface area contributed by atoms with E-state index >= 15 is 0 Å². The second-order valence-corrected chi connectivity index (χ2v) is 2.51. The van der Waals surface area contributed by atoms with Gasteiger partial charge in [0.2, 0.25) is 0 Å². The summed E-state index contributed by atoms with van der Waals surface area (Å²) in [5.41, 5.74) is 0.368. The number of hydrogen-bond donors (Lipinski definition) is 1. The Hall–Kier alpha value is -2.35. The molecule has 0 aliphatic rings. The van der Waals surface area contributed by atoms with Crippen LogP contribution in [0.2, 0.25) is 0 Å². The van der Waals surface area contributed by atoms with Crippen molar-refractivity contribution in [1.29, 1.82) is 0 Å². The van der Waals surface area contributed by atoms with E-state index in [2.05, 4.69) is 21.6 Å². The van der Waals surface area contributed by atoms with Crippen LogP contribution < -0.4 is 0 Å². The number of carbonyl (C=O) groups excluding carboxylic acids is 1. The number of nitrogens with zero attached hydrogens (tertiary/aromatic N) is 1. The summed E-state index contributed by atoms with van der Waals surface area (Å²) >= 11 is 0. The number of esters is 1. The number of methoxy groups -OCH3 is 1. The zero-order chi connectivity index (χ0) is 11.3. The zero-order valence-corrected chi connectivity index (χ0v) is 7.85. The molecule has 0 aliphatic heterocycles. The summed E-state index contributed by atoms with van der Waals surface area (Å²) in [7, 11) is 1.21. The topological polar surface area (TPSA) is 76.5 Å². The zero-order valence-electron chi connectivity index (χ0n) is 7.85. The third kappa shape index (κ3) is 3.12. The quantitative estimate of drug-likeness (QED) is 0.527. The van der Waals surface area contributed by atoms with E-state index in [1.165, 1.54) is 25.6 Å². The van der Waals surface area contributed by atoms with Crippen molar-refractivity contribution >= 4 is 11.9 Å². The Morgan fingerprint density at radius 1 is 1.47 bits per heavy atom. The molecule has 0 radical (unpaired) electrons. The smallest absolute Gasteiger partial charge is 0.384 e. The van der Waals surface area contributed by atoms with Gasteiger partial charge in [0.25, 0.3) is 0 Å². The van der Waals surface area contributed by atoms with Crippen molar-refractivity contribution in [3.63, 3.8) is 0 Å². The minimum Gasteiger partial charge on any atom is -0.478 e. The molecule has 0 aliphatic carbocycles. The number of carbonyl (C=O) groups is 2. The van der Waals surface area contributed by atoms with E-state index in [-0.39, 0.29) is 5.56 Å². The highest BCUT2D eigenvalue weighted by Crippen LogP contribution is 2.00. The van der Waals surface area contributed by atoms with Crippen molar-refractivity contribution < 1.29 is 19.4 Å². The lowest BCUT2D eigenvalue weighted by Gasteiger charge is -1.93. The molecular weight excluding hydrogens is 198 g/mol. The number of aromatic nitrogens is 1. The minimum atomic E-state index is -1.09. The molecule has 5 heteroatoms. The maximum atomic E-state index is 10.7. The monoisotopic (exact) mass is 205 g/mol. The first-order valence-corrected chi connectivity index (χ1v) is 3.92. The highest BCUT2D eigenvalue weighted by atomic mass is 16.5. The Morgan fingerprint density at radius 2 is 2.20 bits per heavy atom. The Labute approximate surface area is 85.7 Å². The first-order chi connectivity index (χ1) is 7.13. The molecule has 1 aromatic rings. The molecule has 1 aromatic heterocycles. The van der Waals surface area contributed by atoms with Gasteiger partial charge in [0.1, 0.15) is 0 Å². The van der Waals surface area contributed by atoms with Crippen LogP contribution in [0.15, 0.2) is 18.5 Å². The number of carboxylic acids is 1. The van der Waals surface area contributed by atoms with Crippen LogP contribution in [0.25, 0.3) is 0 Å². The molecule has 76 valence electrons. The van der Waals surface area contributed by atoms with Gasteiger partial charge in [-0.2, -0.15) is 0 Å². The van der Waals surface area contributed by atoms with Gasteiger partial charge in [0.05, 0.1) is 12.7 Å². The third-order valence-electron chi connectivity index (χ3n) is 1.48. The molecule has 0 atom stereocenters. The highest BCUT2D eigenvalue weighted by molar-refractivity contribution is 5.90. The van der Waals surface area contributed by atoms with Gasteiger partial charge in [0.15, 0.2) is 0 Å². The fourth-order valence-electron chi connectivity index (χ4n) is 0.799. The summed E-state index contributed by atoms with van der Waals surface area (Å²) in [6, 6.07) is 1.32. The summed E-state index contributed by atoms with van der Waals surface area (Å²) < 4.78 is 4.30. The molecule has 0 saturated carbocycles. The maximum absolute atomic E-state index is 10.7. The number of aromatic carboxylic acids is 1. The Kier molecular flexibility index (Phi) is 3.41. The van der Waals surface area contributed by atoms with E-state index in [0.717, 1.165) is 0 Å². The molecule has 0 bridgehead atoms. The molecule has 1 heterocycles. The van der Waals surface area contributed by atoms with E-state index in [0.29, 0.717) is 5.56 Å². The molecule has 0 saturated heterocycles. The molecule has 0 amide bonds. The van der Waals surface area contributed by atoms with Gasteiger partial charge in [0, 0.05) is 23.9 Å². The van der Waals surface area contributed by atoms with E-state index < -0.39 is 11.9 Å². The van der Waals surface area contributed by atoms with Crippen LogP contribution in [0.4, 0.5) is 0 Å². The summed E-state index contributed by atoms with van der Waals surface area (Å²) in [5.74, 6) is 2.83. The van der Waals surface area contributed by atoms with Crippen LogP contribution in [-0.2, 0) is 9.53 Å². The van der Waals surface area contributed by atoms with Crippen LogP contribution in [0.3, 0.4) is 0 Å². The van der Waals surface area contributed by atoms with E-state index in [1.807, 2.05) is 0 Å². The molecule has 0 aromatic carbocycles. The number of rotatable bonds is 1. The maximum Gasteiger partial charge on any atom is 0.384 e. The molecule has 1 N–H and O–H groups in total. The van der Waals surface area contributed by atoms with Gasteiger partial charge >= 0.3 is 11.9 Å². The fourth-order valence-corrected chi connectivity index (χ4v) is 0.799. The van der Waals surface area contributed by atoms with Crippen LogP contribution in [0, 0.1) is 11.8 Å². The first-order valence-electron chi connectivity index (χ1n) is 3.92. The van der Waals surface area contributed by atoms with Gasteiger partial charge in [-0.15, -0.1) is 0 Å². The van der Waals surface area contributed by atoms with Crippen molar-refractivity contribution in [2.75, 3.05) is 7.11 Å². The summed E-state index contributed by atoms with van der Waals surface area (Å²) in [5, 5.41) is 8.65. The fraction of sp³-hybridized carbons (Fsp3) is 0.100. The van der Waals surface area contributed by atoms with Crippen molar-refractivity contribution in [3.05, 3.63) is 29.6 Å². The molecule has 0 fully saturated rings. The summed E-state index contributed by atoms with van der Waals surface area (Å²) in [6.07, 6.45) is 2.56. The Balaban J connectivity index is 2.95. The normalized spacial score (nSPS) is 8.60. The second-order valence-electron chi connectivity index (χ2n) is 2.51. The predicted octanol–water partition coefficient (Wildman–Crippen LogP) is 0.304. The summed E-state index contributed by atoms with van der Waals surface area (Å²) in [4.78, 5) is 24.9. The second kappa shape index (κ2) is 4.77. The third-order valence-corrected chi connectivity index (χ3v) is 1.48. The lowest BCUT2D eigenvalue weighted by atomic mass is 10.2. The number of hydrogen-bond acceptors (Lipinski definition) is 4. The van der Waals surface area contributed by atoms with Crippen LogP contribution in [-0.4, -0.2) is 29.1 Å². The average molecular weight is 205 g/mol. The number of ether oxygens (including phenoxy) is 1. The SMILES string of the molecule is COC(=O)C#Cc1cncc(C(=O)O)c1. The minimum absolute atomic E-state index is 0.0201. The molecular formula is C10H7NO4. The van der Waals surface area contributed by atoms with Gasteiger partial charge in [-0.3, -0.25) is 4.98 Å². The van der Waals surface area contributed by atoms with Gasteiger partial charge in [-0.1, -0.05) is 5.92 Å². The highest BCUT2D eigenvalue weighted by Gasteiger charge is 2.02. The van der Waals surface area contributed by atoms with Gasteiger partial charge < -0.3 is 9.84 Å². The molecule has 0 spiro atoms. The van der Waals surface area contributed by atoms with Crippen molar-refractivity contribution in [2.45, 2.75) is 0 Å². The number of carboxylic acid groups (broad SMARTS) is 1. The van der Waals surface area contributed by atoms with Gasteiger partial charge in [-0.25, -0.2) is 9.59 Å². The average Bonchev–Trinajstić information content (AvgIpc) is 2.26. The molecule has 1 rings (SSSR count). The lowest BCUT2D eigenvalue weighted by molar-refractivity contribution is -0.133.